The van der Waals surface area contributed by atoms with E-state index in [9.17, 15) is 0 Å². The smallest absolute Gasteiger partial charge is 0.137 e. The highest BCUT2D eigenvalue weighted by Gasteiger charge is 2.08. The highest BCUT2D eigenvalue weighted by molar-refractivity contribution is 6.30. The van der Waals surface area contributed by atoms with Crippen molar-refractivity contribution in [1.29, 1.82) is 0 Å². The fourth-order valence-electron chi connectivity index (χ4n) is 3.27. The second-order valence-corrected chi connectivity index (χ2v) is 8.34. The molecule has 0 aliphatic rings. The van der Waals surface area contributed by atoms with Crippen molar-refractivity contribution in [1.82, 2.24) is 0 Å². The van der Waals surface area contributed by atoms with E-state index in [1.165, 1.54) is 0 Å². The minimum atomic E-state index is 0.477. The summed E-state index contributed by atoms with van der Waals surface area (Å²) in [5.74, 6) is 2.81. The Labute approximate surface area is 193 Å². The van der Waals surface area contributed by atoms with Crippen molar-refractivity contribution in [2.45, 2.75) is 20.8 Å². The summed E-state index contributed by atoms with van der Waals surface area (Å²) < 4.78 is 17.7. The predicted molar refractivity (Wildman–Crippen MR) is 130 cm³/mol. The van der Waals surface area contributed by atoms with Gasteiger partial charge in [0, 0.05) is 22.0 Å². The molecule has 4 aromatic rings. The molecule has 0 amide bonds. The van der Waals surface area contributed by atoms with Gasteiger partial charge in [-0.25, -0.2) is 4.99 Å². The summed E-state index contributed by atoms with van der Waals surface area (Å²) in [4.78, 5) is 4.91. The molecule has 1 heterocycles. The lowest BCUT2D eigenvalue weighted by Crippen LogP contribution is -2.05. The zero-order valence-electron chi connectivity index (χ0n) is 18.5. The van der Waals surface area contributed by atoms with Crippen LogP contribution in [-0.2, 0) is 0 Å². The Balaban J connectivity index is 1.81. The number of ether oxygens (including phenoxy) is 2. The summed E-state index contributed by atoms with van der Waals surface area (Å²) in [5.41, 5.74) is 2.49. The zero-order valence-corrected chi connectivity index (χ0v) is 19.2. The minimum absolute atomic E-state index is 0.477. The summed E-state index contributed by atoms with van der Waals surface area (Å²) in [5, 5.41) is 2.36. The molecule has 164 valence electrons. The summed E-state index contributed by atoms with van der Waals surface area (Å²) in [6, 6.07) is 23.1. The number of nitrogens with zero attached hydrogens (tertiary/aromatic N) is 1. The first-order valence-corrected chi connectivity index (χ1v) is 11.1. The average Bonchev–Trinajstić information content (AvgIpc) is 2.79. The second-order valence-electron chi connectivity index (χ2n) is 7.90. The molecular formula is C27H26ClNO3. The van der Waals surface area contributed by atoms with Gasteiger partial charge in [0.05, 0.1) is 24.3 Å². The summed E-state index contributed by atoms with van der Waals surface area (Å²) in [6.07, 6.45) is 0. The molecule has 4 nitrogen and oxygen atoms in total. The summed E-state index contributed by atoms with van der Waals surface area (Å²) in [6.45, 7) is 7.50. The van der Waals surface area contributed by atoms with Crippen LogP contribution in [0.25, 0.3) is 22.3 Å². The largest absolute Gasteiger partial charge is 0.494 e. The molecule has 5 heteroatoms. The van der Waals surface area contributed by atoms with Crippen molar-refractivity contribution in [3.8, 4) is 22.8 Å². The molecule has 0 atom stereocenters. The lowest BCUT2D eigenvalue weighted by atomic mass is 10.1. The van der Waals surface area contributed by atoms with Crippen LogP contribution in [0.15, 0.2) is 82.2 Å². The van der Waals surface area contributed by atoms with Crippen LogP contribution >= 0.6 is 11.6 Å². The third kappa shape index (κ3) is 5.32. The highest BCUT2D eigenvalue weighted by atomic mass is 35.5. The van der Waals surface area contributed by atoms with E-state index in [1.807, 2.05) is 79.7 Å². The molecule has 0 aliphatic heterocycles. The van der Waals surface area contributed by atoms with Gasteiger partial charge in [0.15, 0.2) is 0 Å². The Bertz CT molecular complexity index is 1260. The first kappa shape index (κ1) is 22.0. The molecule has 0 saturated carbocycles. The molecule has 0 spiro atoms. The van der Waals surface area contributed by atoms with Crippen LogP contribution in [0, 0.1) is 5.92 Å². The van der Waals surface area contributed by atoms with Crippen LogP contribution in [0.4, 0.5) is 5.69 Å². The van der Waals surface area contributed by atoms with E-state index in [1.54, 1.807) is 0 Å². The fraction of sp³-hybridized carbons (Fsp3) is 0.222. The van der Waals surface area contributed by atoms with Gasteiger partial charge in [-0.15, -0.1) is 0 Å². The number of fused-ring (bicyclic) bond motifs is 1. The number of rotatable bonds is 7. The maximum absolute atomic E-state index is 6.19. The molecule has 1 aromatic heterocycles. The van der Waals surface area contributed by atoms with Gasteiger partial charge >= 0.3 is 0 Å². The Morgan fingerprint density at radius 3 is 2.28 bits per heavy atom. The van der Waals surface area contributed by atoms with Crippen LogP contribution in [0.1, 0.15) is 20.8 Å². The molecule has 0 bridgehead atoms. The van der Waals surface area contributed by atoms with Gasteiger partial charge in [0.1, 0.15) is 22.8 Å². The monoisotopic (exact) mass is 447 g/mol. The zero-order chi connectivity index (χ0) is 22.5. The molecule has 4 rings (SSSR count). The van der Waals surface area contributed by atoms with Gasteiger partial charge in [-0.3, -0.25) is 0 Å². The molecule has 0 saturated heterocycles. The van der Waals surface area contributed by atoms with E-state index in [0.717, 1.165) is 39.1 Å². The van der Waals surface area contributed by atoms with Crippen LogP contribution in [0.3, 0.4) is 0 Å². The number of halogens is 1. The number of benzene rings is 3. The Morgan fingerprint density at radius 2 is 1.59 bits per heavy atom. The summed E-state index contributed by atoms with van der Waals surface area (Å²) >= 11 is 6.06. The van der Waals surface area contributed by atoms with Crippen LogP contribution < -0.4 is 14.8 Å². The van der Waals surface area contributed by atoms with Gasteiger partial charge in [-0.1, -0.05) is 25.4 Å². The van der Waals surface area contributed by atoms with Crippen molar-refractivity contribution in [2.75, 3.05) is 13.2 Å². The normalized spacial score (nSPS) is 11.8. The van der Waals surface area contributed by atoms with Gasteiger partial charge in [-0.2, -0.15) is 0 Å². The van der Waals surface area contributed by atoms with Gasteiger partial charge in [0.2, 0.25) is 0 Å². The van der Waals surface area contributed by atoms with E-state index in [4.69, 9.17) is 30.5 Å². The van der Waals surface area contributed by atoms with E-state index in [2.05, 4.69) is 13.8 Å². The summed E-state index contributed by atoms with van der Waals surface area (Å²) in [7, 11) is 0. The standard InChI is InChI=1S/C27H26ClNO3/c1-4-30-23-13-14-26-24(15-23)25(16-27(32-26)19-5-7-20(28)8-6-19)29-21-9-11-22(12-10-21)31-17-18(2)3/h5-16,18H,4,17H2,1-3H3. The Kier molecular flexibility index (Phi) is 6.81. The van der Waals surface area contributed by atoms with Crippen LogP contribution in [-0.4, -0.2) is 13.2 Å². The molecule has 3 aromatic carbocycles. The molecule has 0 N–H and O–H groups in total. The fourth-order valence-corrected chi connectivity index (χ4v) is 3.40. The molecular weight excluding hydrogens is 422 g/mol. The second kappa shape index (κ2) is 9.92. The quantitative estimate of drug-likeness (QED) is 0.296. The van der Waals surface area contributed by atoms with E-state index in [-0.39, 0.29) is 0 Å². The Morgan fingerprint density at radius 1 is 0.875 bits per heavy atom. The average molecular weight is 448 g/mol. The van der Waals surface area contributed by atoms with Crippen molar-refractivity contribution in [3.63, 3.8) is 0 Å². The maximum atomic E-state index is 6.19. The minimum Gasteiger partial charge on any atom is -0.494 e. The predicted octanol–water partition coefficient (Wildman–Crippen LogP) is 7.42. The van der Waals surface area contributed by atoms with E-state index < -0.39 is 0 Å². The number of hydrogen-bond acceptors (Lipinski definition) is 4. The van der Waals surface area contributed by atoms with Crippen molar-refractivity contribution in [2.24, 2.45) is 10.9 Å². The SMILES string of the molecule is CCOc1ccc2oc(-c3ccc(Cl)cc3)cc(=Nc3ccc(OCC(C)C)cc3)c2c1. The molecule has 0 unspecified atom stereocenters. The lowest BCUT2D eigenvalue weighted by molar-refractivity contribution is 0.271. The maximum Gasteiger partial charge on any atom is 0.137 e. The van der Waals surface area contributed by atoms with Gasteiger partial charge in [0.25, 0.3) is 0 Å². The first-order chi connectivity index (χ1) is 15.5. The van der Waals surface area contributed by atoms with Crippen molar-refractivity contribution >= 4 is 28.3 Å². The van der Waals surface area contributed by atoms with E-state index in [0.29, 0.717) is 29.9 Å². The van der Waals surface area contributed by atoms with Gasteiger partial charge in [-0.05, 0) is 79.6 Å². The lowest BCUT2D eigenvalue weighted by Gasteiger charge is -2.09. The third-order valence-electron chi connectivity index (χ3n) is 4.82. The third-order valence-corrected chi connectivity index (χ3v) is 5.08. The molecule has 0 fully saturated rings. The van der Waals surface area contributed by atoms with Crippen molar-refractivity contribution < 1.29 is 13.9 Å². The van der Waals surface area contributed by atoms with Gasteiger partial charge < -0.3 is 13.9 Å². The molecule has 0 aliphatic carbocycles. The highest BCUT2D eigenvalue weighted by Crippen LogP contribution is 2.27. The van der Waals surface area contributed by atoms with Crippen LogP contribution in [0.2, 0.25) is 5.02 Å². The van der Waals surface area contributed by atoms with E-state index >= 15 is 0 Å². The molecule has 32 heavy (non-hydrogen) atoms. The first-order valence-electron chi connectivity index (χ1n) is 10.8. The molecule has 0 radical (unpaired) electrons. The topological polar surface area (TPSA) is 44.0 Å². The Hall–Kier alpha value is -3.24. The number of hydrogen-bond donors (Lipinski definition) is 0. The van der Waals surface area contributed by atoms with Crippen molar-refractivity contribution in [3.05, 3.63) is 83.2 Å². The van der Waals surface area contributed by atoms with Crippen LogP contribution in [0.5, 0.6) is 11.5 Å².